The lowest BCUT2D eigenvalue weighted by Crippen LogP contribution is -2.23. The topological polar surface area (TPSA) is 75.3 Å². The summed E-state index contributed by atoms with van der Waals surface area (Å²) >= 11 is 0. The molecule has 0 fully saturated rings. The molecule has 0 radical (unpaired) electrons. The van der Waals surface area contributed by atoms with Crippen molar-refractivity contribution in [3.05, 3.63) is 58.7 Å². The summed E-state index contributed by atoms with van der Waals surface area (Å²) in [5, 5.41) is 12.7. The Balaban J connectivity index is 2.01. The van der Waals surface area contributed by atoms with Crippen LogP contribution in [0.15, 0.2) is 36.4 Å². The van der Waals surface area contributed by atoms with Crippen LogP contribution in [0.25, 0.3) is 0 Å². The number of fused-ring (bicyclic) bond motifs is 1. The van der Waals surface area contributed by atoms with Gasteiger partial charge in [0.15, 0.2) is 0 Å². The van der Waals surface area contributed by atoms with Crippen molar-refractivity contribution in [2.75, 3.05) is 11.9 Å². The lowest BCUT2D eigenvalue weighted by atomic mass is 9.83. The molecule has 22 heavy (non-hydrogen) atoms. The molecule has 114 valence electrons. The molecule has 4 N–H and O–H groups in total. The number of carbonyl (C=O) groups is 1. The number of benzene rings is 2. The Hall–Kier alpha value is -2.33. The first-order valence-corrected chi connectivity index (χ1v) is 7.50. The molecule has 1 heterocycles. The maximum Gasteiger partial charge on any atom is 0.225 e. The summed E-state index contributed by atoms with van der Waals surface area (Å²) in [5.41, 5.74) is 10.5. The highest BCUT2D eigenvalue weighted by atomic mass is 16.3. The van der Waals surface area contributed by atoms with Crippen molar-refractivity contribution in [1.29, 1.82) is 0 Å². The molecular weight excluding hydrogens is 276 g/mol. The molecule has 1 unspecified atom stereocenters. The summed E-state index contributed by atoms with van der Waals surface area (Å²) in [5.74, 6) is 0.208. The van der Waals surface area contributed by atoms with Crippen LogP contribution in [0.1, 0.15) is 34.6 Å². The van der Waals surface area contributed by atoms with Gasteiger partial charge in [0.2, 0.25) is 5.91 Å². The number of phenolic OH excluding ortho intramolecular Hbond substituents is 1. The Bertz CT molecular complexity index is 708. The first kappa shape index (κ1) is 14.6. The van der Waals surface area contributed by atoms with E-state index >= 15 is 0 Å². The first-order valence-electron chi connectivity index (χ1n) is 7.50. The molecule has 1 aliphatic rings. The van der Waals surface area contributed by atoms with E-state index < -0.39 is 0 Å². The van der Waals surface area contributed by atoms with Gasteiger partial charge in [0.25, 0.3) is 0 Å². The van der Waals surface area contributed by atoms with Gasteiger partial charge in [-0.05, 0) is 48.2 Å². The summed E-state index contributed by atoms with van der Waals surface area (Å²) in [4.78, 5) is 12.0. The molecule has 0 spiro atoms. The molecule has 1 aliphatic heterocycles. The molecular formula is C18H20N2O2. The third-order valence-corrected chi connectivity index (χ3v) is 4.22. The number of nitrogens with one attached hydrogen (secondary N) is 1. The zero-order valence-electron chi connectivity index (χ0n) is 12.6. The Morgan fingerprint density at radius 2 is 2.00 bits per heavy atom. The van der Waals surface area contributed by atoms with Crippen LogP contribution in [0.5, 0.6) is 5.75 Å². The predicted octanol–water partition coefficient (Wildman–Crippen LogP) is 2.68. The summed E-state index contributed by atoms with van der Waals surface area (Å²) in [6, 6.07) is 11.9. The fourth-order valence-electron chi connectivity index (χ4n) is 2.99. The van der Waals surface area contributed by atoms with E-state index in [1.54, 1.807) is 6.07 Å². The normalized spacial score (nSPS) is 17.0. The van der Waals surface area contributed by atoms with Gasteiger partial charge in [-0.1, -0.05) is 24.3 Å². The maximum atomic E-state index is 12.0. The van der Waals surface area contributed by atoms with E-state index in [1.165, 1.54) is 5.56 Å². The van der Waals surface area contributed by atoms with Gasteiger partial charge in [0, 0.05) is 24.1 Å². The average molecular weight is 296 g/mol. The summed E-state index contributed by atoms with van der Waals surface area (Å²) < 4.78 is 0. The van der Waals surface area contributed by atoms with Crippen molar-refractivity contribution in [3.63, 3.8) is 0 Å². The highest BCUT2D eigenvalue weighted by molar-refractivity contribution is 5.95. The minimum absolute atomic E-state index is 0.0215. The van der Waals surface area contributed by atoms with Gasteiger partial charge in [0.1, 0.15) is 5.75 Å². The van der Waals surface area contributed by atoms with Gasteiger partial charge in [-0.2, -0.15) is 0 Å². The second kappa shape index (κ2) is 5.81. The molecule has 4 heteroatoms. The average Bonchev–Trinajstić information content (AvgIpc) is 2.49. The fraction of sp³-hybridized carbons (Fsp3) is 0.278. The van der Waals surface area contributed by atoms with E-state index in [9.17, 15) is 9.90 Å². The second-order valence-electron chi connectivity index (χ2n) is 5.81. The monoisotopic (exact) mass is 296 g/mol. The number of phenols is 1. The van der Waals surface area contributed by atoms with Crippen LogP contribution in [0.3, 0.4) is 0 Å². The minimum atomic E-state index is -0.0215. The van der Waals surface area contributed by atoms with Crippen LogP contribution >= 0.6 is 0 Å². The van der Waals surface area contributed by atoms with Crippen LogP contribution in [0.4, 0.5) is 5.69 Å². The van der Waals surface area contributed by atoms with Gasteiger partial charge >= 0.3 is 0 Å². The lowest BCUT2D eigenvalue weighted by Gasteiger charge is -2.27. The van der Waals surface area contributed by atoms with Gasteiger partial charge in [-0.3, -0.25) is 4.79 Å². The number of hydrogen-bond donors (Lipinski definition) is 3. The number of aryl methyl sites for hydroxylation is 1. The summed E-state index contributed by atoms with van der Waals surface area (Å²) in [7, 11) is 0. The summed E-state index contributed by atoms with van der Waals surface area (Å²) in [6.45, 7) is 2.50. The van der Waals surface area contributed by atoms with Crippen molar-refractivity contribution >= 4 is 11.6 Å². The van der Waals surface area contributed by atoms with Gasteiger partial charge < -0.3 is 16.2 Å². The van der Waals surface area contributed by atoms with Crippen molar-refractivity contribution < 1.29 is 9.90 Å². The molecule has 0 saturated carbocycles. The van der Waals surface area contributed by atoms with Crippen molar-refractivity contribution in [1.82, 2.24) is 0 Å². The Morgan fingerprint density at radius 1 is 1.27 bits per heavy atom. The molecule has 2 aromatic carbocycles. The largest absolute Gasteiger partial charge is 0.508 e. The quantitative estimate of drug-likeness (QED) is 0.815. The van der Waals surface area contributed by atoms with Crippen molar-refractivity contribution in [2.24, 2.45) is 5.73 Å². The third kappa shape index (κ3) is 2.70. The number of carbonyl (C=O) groups excluding carboxylic acids is 1. The Morgan fingerprint density at radius 3 is 2.68 bits per heavy atom. The lowest BCUT2D eigenvalue weighted by molar-refractivity contribution is -0.116. The smallest absolute Gasteiger partial charge is 0.225 e. The third-order valence-electron chi connectivity index (χ3n) is 4.22. The van der Waals surface area contributed by atoms with Crippen LogP contribution in [0, 0.1) is 6.92 Å². The number of rotatable bonds is 3. The number of nitrogens with two attached hydrogens (primary N) is 1. The number of aromatic hydroxyl groups is 1. The van der Waals surface area contributed by atoms with E-state index in [4.69, 9.17) is 5.73 Å². The Labute approximate surface area is 130 Å². The van der Waals surface area contributed by atoms with Crippen molar-refractivity contribution in [2.45, 2.75) is 25.7 Å². The van der Waals surface area contributed by atoms with E-state index in [1.807, 2.05) is 13.0 Å². The summed E-state index contributed by atoms with van der Waals surface area (Å²) in [6.07, 6.45) is 1.28. The highest BCUT2D eigenvalue weighted by Crippen LogP contribution is 2.39. The maximum absolute atomic E-state index is 12.0. The number of anilines is 1. The molecule has 2 aromatic rings. The van der Waals surface area contributed by atoms with Crippen LogP contribution in [-0.2, 0) is 11.2 Å². The molecule has 3 rings (SSSR count). The molecule has 0 bridgehead atoms. The van der Waals surface area contributed by atoms with Gasteiger partial charge in [-0.25, -0.2) is 0 Å². The highest BCUT2D eigenvalue weighted by Gasteiger charge is 2.27. The van der Waals surface area contributed by atoms with E-state index in [0.29, 0.717) is 18.7 Å². The zero-order chi connectivity index (χ0) is 15.7. The molecule has 0 saturated heterocycles. The SMILES string of the molecule is Cc1cc2c(cc1O)NC(=O)CC2c1ccc(CCN)cc1. The van der Waals surface area contributed by atoms with Crippen LogP contribution in [0.2, 0.25) is 0 Å². The fourth-order valence-corrected chi connectivity index (χ4v) is 2.99. The molecule has 1 atom stereocenters. The minimum Gasteiger partial charge on any atom is -0.508 e. The molecule has 1 amide bonds. The van der Waals surface area contributed by atoms with Gasteiger partial charge in [0.05, 0.1) is 0 Å². The number of hydrogen-bond acceptors (Lipinski definition) is 3. The molecule has 4 nitrogen and oxygen atoms in total. The van der Waals surface area contributed by atoms with Gasteiger partial charge in [-0.15, -0.1) is 0 Å². The van der Waals surface area contributed by atoms with Crippen LogP contribution < -0.4 is 11.1 Å². The molecule has 0 aromatic heterocycles. The van der Waals surface area contributed by atoms with E-state index in [-0.39, 0.29) is 17.6 Å². The van der Waals surface area contributed by atoms with Crippen molar-refractivity contribution in [3.8, 4) is 5.75 Å². The first-order chi connectivity index (χ1) is 10.6. The zero-order valence-corrected chi connectivity index (χ0v) is 12.6. The number of amides is 1. The van der Waals surface area contributed by atoms with E-state index in [0.717, 1.165) is 23.1 Å². The second-order valence-corrected chi connectivity index (χ2v) is 5.81. The standard InChI is InChI=1S/C18H20N2O2/c1-11-8-15-14(9-18(22)20-16(15)10-17(11)21)13-4-2-12(3-5-13)6-7-19/h2-5,8,10,14,21H,6-7,9,19H2,1H3,(H,20,22). The Kier molecular flexibility index (Phi) is 3.86. The molecule has 0 aliphatic carbocycles. The van der Waals surface area contributed by atoms with E-state index in [2.05, 4.69) is 29.6 Å². The predicted molar refractivity (Wildman–Crippen MR) is 87.1 cm³/mol. The van der Waals surface area contributed by atoms with Crippen LogP contribution in [-0.4, -0.2) is 17.6 Å².